The van der Waals surface area contributed by atoms with Gasteiger partial charge in [0, 0.05) is 134 Å². The third-order valence-electron chi connectivity index (χ3n) is 21.2. The number of esters is 1. The molecule has 27 heteroatoms. The van der Waals surface area contributed by atoms with Crippen molar-refractivity contribution in [3.05, 3.63) is 89.5 Å². The van der Waals surface area contributed by atoms with Gasteiger partial charge in [-0.15, -0.1) is 0 Å². The Morgan fingerprint density at radius 1 is 0.317 bits per heavy atom. The summed E-state index contributed by atoms with van der Waals surface area (Å²) >= 11 is 0. The van der Waals surface area contributed by atoms with Crippen LogP contribution >= 0.6 is 0 Å². The van der Waals surface area contributed by atoms with Gasteiger partial charge in [0.15, 0.2) is 14.5 Å². The van der Waals surface area contributed by atoms with E-state index in [1.54, 1.807) is 56.9 Å². The zero-order valence-corrected chi connectivity index (χ0v) is 93.7. The normalized spacial score (nSPS) is 13.8. The van der Waals surface area contributed by atoms with Gasteiger partial charge in [0.05, 0.1) is 22.7 Å². The minimum Gasteiger partial charge on any atom is -0.461 e. The predicted octanol–water partition coefficient (Wildman–Crippen LogP) is 23.6. The number of hydrogen-bond donors (Lipinski definition) is 0. The maximum atomic E-state index is 11.7. The lowest BCUT2D eigenvalue weighted by atomic mass is 9.99. The Hall–Kier alpha value is -2.07. The zero-order chi connectivity index (χ0) is 95.0. The van der Waals surface area contributed by atoms with E-state index in [0.29, 0.717) is 68.5 Å². The molecule has 0 saturated heterocycles. The minimum absolute atomic E-state index is 0.0417. The average molecular weight is 1830 g/mol. The first kappa shape index (κ1) is 131. The van der Waals surface area contributed by atoms with Crippen molar-refractivity contribution in [2.75, 3.05) is 130 Å². The van der Waals surface area contributed by atoms with Crippen LogP contribution in [0.1, 0.15) is 301 Å². The Labute approximate surface area is 749 Å². The van der Waals surface area contributed by atoms with Crippen molar-refractivity contribution in [3.63, 3.8) is 0 Å². The lowest BCUT2D eigenvalue weighted by Crippen LogP contribution is -2.54. The molecule has 3 rings (SSSR count). The van der Waals surface area contributed by atoms with Crippen LogP contribution < -0.4 is 15.6 Å². The molecule has 7 unspecified atom stereocenters. The number of carbonyl (C=O) groups excluding carboxylic acids is 1. The first-order valence-corrected chi connectivity index (χ1v) is 61.0. The second-order valence-electron chi connectivity index (χ2n) is 33.6. The molecule has 0 N–H and O–H groups in total. The second kappa shape index (κ2) is 71.8. The van der Waals surface area contributed by atoms with Gasteiger partial charge in [-0.25, -0.2) is 0 Å². The maximum absolute atomic E-state index is 11.7. The van der Waals surface area contributed by atoms with Crippen molar-refractivity contribution in [1.29, 1.82) is 0 Å². The number of hydrogen-bond acceptors (Lipinski definition) is 20. The number of rotatable bonds is 43. The summed E-state index contributed by atoms with van der Waals surface area (Å²) in [6.45, 7) is 85.4. The summed E-state index contributed by atoms with van der Waals surface area (Å²) in [7, 11) is 0.418. The molecule has 3 aromatic rings. The fourth-order valence-corrected chi connectivity index (χ4v) is 24.0. The molecule has 0 radical (unpaired) electrons. The molecule has 0 spiro atoms. The van der Waals surface area contributed by atoms with E-state index in [2.05, 4.69) is 190 Å². The van der Waals surface area contributed by atoms with Crippen LogP contribution in [0.25, 0.3) is 0 Å². The highest BCUT2D eigenvalue weighted by molar-refractivity contribution is 6.84. The molecule has 714 valence electrons. The van der Waals surface area contributed by atoms with Crippen molar-refractivity contribution >= 4 is 81.7 Å². The van der Waals surface area contributed by atoms with Gasteiger partial charge in [0.2, 0.25) is 8.32 Å². The third kappa shape index (κ3) is 57.7. The van der Waals surface area contributed by atoms with Crippen molar-refractivity contribution in [2.24, 2.45) is 5.92 Å². The number of carbonyl (C=O) groups is 1. The third-order valence-corrected chi connectivity index (χ3v) is 43.7. The zero-order valence-electron chi connectivity index (χ0n) is 86.7. The van der Waals surface area contributed by atoms with E-state index in [9.17, 15) is 4.79 Å². The molecule has 0 aromatic heterocycles. The molecule has 0 aliphatic rings. The molecule has 0 amide bonds. The fourth-order valence-electron chi connectivity index (χ4n) is 10.2. The van der Waals surface area contributed by atoms with E-state index in [1.165, 1.54) is 46.3 Å². The summed E-state index contributed by atoms with van der Waals surface area (Å²) in [5.74, 6) is 1.52. The summed E-state index contributed by atoms with van der Waals surface area (Å²) in [5.41, 5.74) is 6.02. The van der Waals surface area contributed by atoms with E-state index in [4.69, 9.17) is 85.3 Å². The lowest BCUT2D eigenvalue weighted by Gasteiger charge is -2.32. The van der Waals surface area contributed by atoms with Crippen molar-refractivity contribution in [2.45, 2.75) is 357 Å². The first-order chi connectivity index (χ1) is 55.7. The maximum Gasteiger partial charge on any atom is 0.540 e. The van der Waals surface area contributed by atoms with E-state index in [0.717, 1.165) is 56.2 Å². The molecule has 0 fully saturated rings. The van der Waals surface area contributed by atoms with E-state index < -0.39 is 60.2 Å². The van der Waals surface area contributed by atoms with Gasteiger partial charge in [0.25, 0.3) is 0 Å². The van der Waals surface area contributed by atoms with E-state index >= 15 is 0 Å². The van der Waals surface area contributed by atoms with Crippen molar-refractivity contribution < 1.29 is 90.1 Å². The van der Waals surface area contributed by atoms with E-state index in [-0.39, 0.29) is 34.9 Å². The molecular formula is C93H194O20Si7. The summed E-state index contributed by atoms with van der Waals surface area (Å²) in [5, 5.41) is 3.55. The molecule has 0 bridgehead atoms. The quantitative estimate of drug-likeness (QED) is 0.0383. The van der Waals surface area contributed by atoms with Gasteiger partial charge in [-0.05, 0) is 252 Å². The highest BCUT2D eigenvalue weighted by Gasteiger charge is 2.46. The lowest BCUT2D eigenvalue weighted by molar-refractivity contribution is -0.148. The van der Waals surface area contributed by atoms with Gasteiger partial charge < -0.3 is 85.3 Å². The topological polar surface area (TPSA) is 192 Å². The van der Waals surface area contributed by atoms with Crippen LogP contribution in [0, 0.1) is 5.92 Å². The molecule has 0 aliphatic carbocycles. The number of methoxy groups -OCH3 is 3. The van der Waals surface area contributed by atoms with Gasteiger partial charge in [0.1, 0.15) is 0 Å². The SMILES string of the molecule is CCC(C)c1ccc([Si](C)(C)OC)cc1.CCC(C)c1ccc([Si](C)(OC)OC)cc1.CCC(C)c1ccc([Si](OC)(OC)OC)cc1.CCO[Si](C)(C)C(C)CC.CCO[Si](C)(OCC)C(C)CC.CCO[Si](COC(=O)C(C)CC)(OCC)OCC.CCO[Si](OCC)(OCC)C(C)CC.COC(C)(C)C.COC(C)(C)C.COC(C)(C)C. The van der Waals surface area contributed by atoms with Crippen LogP contribution in [0.15, 0.2) is 72.8 Å². The Morgan fingerprint density at radius 3 is 0.817 bits per heavy atom. The van der Waals surface area contributed by atoms with Gasteiger partial charge in [-0.2, -0.15) is 0 Å². The molecule has 7 atom stereocenters. The predicted molar refractivity (Wildman–Crippen MR) is 526 cm³/mol. The highest BCUT2D eigenvalue weighted by Crippen LogP contribution is 2.30. The van der Waals surface area contributed by atoms with E-state index in [1.807, 2.05) is 151 Å². The molecule has 0 aliphatic heterocycles. The van der Waals surface area contributed by atoms with Gasteiger partial charge in [-0.3, -0.25) is 4.79 Å². The molecule has 3 aromatic carbocycles. The van der Waals surface area contributed by atoms with Crippen molar-refractivity contribution in [1.82, 2.24) is 0 Å². The average Bonchev–Trinajstić information content (AvgIpc) is 0.847. The summed E-state index contributed by atoms with van der Waals surface area (Å²) in [4.78, 5) is 11.7. The Morgan fingerprint density at radius 2 is 0.592 bits per heavy atom. The Kier molecular flexibility index (Phi) is 78.4. The molecule has 20 nitrogen and oxygen atoms in total. The van der Waals surface area contributed by atoms with Crippen LogP contribution in [-0.4, -0.2) is 213 Å². The van der Waals surface area contributed by atoms with Crippen LogP contribution in [0.4, 0.5) is 0 Å². The molecule has 0 saturated carbocycles. The summed E-state index contributed by atoms with van der Waals surface area (Å²) in [6, 6.07) is 26.0. The number of ether oxygens (including phenoxy) is 4. The first-order valence-electron chi connectivity index (χ1n) is 44.9. The standard InChI is InChI=1S/C13H22O3Si.C13H22O2Si.C13H22OSi.C12H26O5Si.C10H24O3Si.C9H22O2Si.C8H20OSi.3C5H12O/c1-6-11(2)12-7-9-13(10-8-12)17(14-3,15-4)16-5;1-6-11(2)12-7-9-13(10-8-12)16(5,14-3)15-4;1-6-11(2)12-7-9-13(10-8-12)15(4,5)14-3;1-6-11(5)12(13)14-10-18(15-7-2,16-8-3)17-9-4;1-6-10(5)14(11-7-2,12-8-3)13-9-4;1-6-9(4)12(5,10-7-2)11-8-3;1-6-8(3)10(4,5)9-7-2;3*1-5(2,3)6-4/h7-11H,6H2,1-5H3;7-11H,6H2,1-5H3;7-11H,6H2,1-5H3;11H,6-10H2,1-5H3;10H,6-9H2,1-5H3;9H,6-8H2,1-5H3;8H,6-7H2,1-5H3;3*1-4H3. The largest absolute Gasteiger partial charge is 0.540 e. The van der Waals surface area contributed by atoms with Crippen LogP contribution in [0.2, 0.25) is 55.9 Å². The van der Waals surface area contributed by atoms with Crippen LogP contribution in [0.5, 0.6) is 0 Å². The minimum atomic E-state index is -2.86. The van der Waals surface area contributed by atoms with Crippen molar-refractivity contribution in [3.8, 4) is 0 Å². The second-order valence-corrected chi connectivity index (χ2v) is 57.5. The molecular weight excluding hydrogens is 1630 g/mol. The molecule has 120 heavy (non-hydrogen) atoms. The molecule has 0 heterocycles. The highest BCUT2D eigenvalue weighted by atomic mass is 28.4. The Bertz CT molecular complexity index is 2720. The summed E-state index contributed by atoms with van der Waals surface area (Å²) < 4.78 is 104. The van der Waals surface area contributed by atoms with Crippen LogP contribution in [0.3, 0.4) is 0 Å². The summed E-state index contributed by atoms with van der Waals surface area (Å²) in [6.07, 6.45) is 7.78. The van der Waals surface area contributed by atoms with Crippen LogP contribution in [-0.2, 0) is 90.1 Å². The number of benzene rings is 3. The van der Waals surface area contributed by atoms with Gasteiger partial charge in [-0.1, -0.05) is 183 Å². The van der Waals surface area contributed by atoms with Gasteiger partial charge >= 0.3 is 49.5 Å². The monoisotopic (exact) mass is 1830 g/mol. The fraction of sp³-hybridized carbons (Fsp3) is 0.796. The smallest absolute Gasteiger partial charge is 0.461 e. The Balaban J connectivity index is -0.000000241.